The van der Waals surface area contributed by atoms with Crippen molar-refractivity contribution >= 4 is 11.6 Å². The fourth-order valence-electron chi connectivity index (χ4n) is 2.02. The molecule has 1 aromatic carbocycles. The Morgan fingerprint density at radius 1 is 1.43 bits per heavy atom. The van der Waals surface area contributed by atoms with Crippen molar-refractivity contribution in [3.63, 3.8) is 0 Å². The summed E-state index contributed by atoms with van der Waals surface area (Å²) in [5.74, 6) is 0. The molecule has 0 fully saturated rings. The minimum atomic E-state index is 0.513. The van der Waals surface area contributed by atoms with Gasteiger partial charge in [-0.05, 0) is 24.0 Å². The Balaban J connectivity index is 2.03. The summed E-state index contributed by atoms with van der Waals surface area (Å²) >= 11 is 5.47. The molecule has 2 heteroatoms. The number of hydrogen-bond acceptors (Lipinski definition) is 1. The van der Waals surface area contributed by atoms with Gasteiger partial charge in [0.1, 0.15) is 0 Å². The van der Waals surface area contributed by atoms with Gasteiger partial charge in [-0.25, -0.2) is 0 Å². The van der Waals surface area contributed by atoms with E-state index in [1.165, 1.54) is 24.0 Å². The molecule has 0 radical (unpaired) electrons. The lowest BCUT2D eigenvalue weighted by atomic mass is 10.1. The molecule has 0 bridgehead atoms. The summed E-state index contributed by atoms with van der Waals surface area (Å²) in [6.07, 6.45) is 4.33. The molecule has 2 rings (SSSR count). The Kier molecular flexibility index (Phi) is 3.22. The van der Waals surface area contributed by atoms with Gasteiger partial charge in [-0.3, -0.25) is 0 Å². The van der Waals surface area contributed by atoms with E-state index in [9.17, 15) is 0 Å². The Morgan fingerprint density at radius 3 is 3.14 bits per heavy atom. The van der Waals surface area contributed by atoms with E-state index in [-0.39, 0.29) is 0 Å². The van der Waals surface area contributed by atoms with Crippen LogP contribution >= 0.6 is 11.6 Å². The van der Waals surface area contributed by atoms with Gasteiger partial charge in [0, 0.05) is 18.1 Å². The van der Waals surface area contributed by atoms with Gasteiger partial charge < -0.3 is 5.32 Å². The summed E-state index contributed by atoms with van der Waals surface area (Å²) in [6.45, 7) is 0.850. The largest absolute Gasteiger partial charge is 0.306 e. The van der Waals surface area contributed by atoms with E-state index in [1.807, 2.05) is 6.08 Å². The van der Waals surface area contributed by atoms with Crippen LogP contribution in [0.1, 0.15) is 23.6 Å². The predicted molar refractivity (Wildman–Crippen MR) is 60.5 cm³/mol. The highest BCUT2D eigenvalue weighted by Crippen LogP contribution is 2.30. The highest BCUT2D eigenvalue weighted by Gasteiger charge is 2.20. The van der Waals surface area contributed by atoms with Crippen molar-refractivity contribution in [2.45, 2.75) is 18.9 Å². The van der Waals surface area contributed by atoms with E-state index < -0.39 is 0 Å². The SMILES string of the molecule is ClC=CCNC1CCc2ccccc21. The first kappa shape index (κ1) is 9.75. The molecule has 14 heavy (non-hydrogen) atoms. The molecule has 1 aliphatic rings. The number of rotatable bonds is 3. The maximum absolute atomic E-state index is 5.47. The minimum Gasteiger partial charge on any atom is -0.306 e. The first-order chi connectivity index (χ1) is 6.92. The monoisotopic (exact) mass is 207 g/mol. The molecular weight excluding hydrogens is 194 g/mol. The maximum Gasteiger partial charge on any atom is 0.0328 e. The number of hydrogen-bond donors (Lipinski definition) is 1. The van der Waals surface area contributed by atoms with Crippen LogP contribution in [0.3, 0.4) is 0 Å². The second kappa shape index (κ2) is 4.63. The summed E-state index contributed by atoms with van der Waals surface area (Å²) < 4.78 is 0. The Bertz CT molecular complexity index is 333. The summed E-state index contributed by atoms with van der Waals surface area (Å²) in [4.78, 5) is 0. The lowest BCUT2D eigenvalue weighted by Gasteiger charge is -2.11. The molecule has 74 valence electrons. The highest BCUT2D eigenvalue weighted by molar-refractivity contribution is 6.25. The van der Waals surface area contributed by atoms with Crippen molar-refractivity contribution < 1.29 is 0 Å². The lowest BCUT2D eigenvalue weighted by molar-refractivity contribution is 0.564. The standard InChI is InChI=1S/C12H14ClN/c13-8-3-9-14-12-7-6-10-4-1-2-5-11(10)12/h1-5,8,12,14H,6-7,9H2. The van der Waals surface area contributed by atoms with Gasteiger partial charge in [0.15, 0.2) is 0 Å². The van der Waals surface area contributed by atoms with Crippen LogP contribution in [0, 0.1) is 0 Å². The van der Waals surface area contributed by atoms with Gasteiger partial charge in [-0.15, -0.1) is 0 Å². The third kappa shape index (κ3) is 1.99. The zero-order valence-corrected chi connectivity index (χ0v) is 8.80. The molecule has 0 aliphatic heterocycles. The summed E-state index contributed by atoms with van der Waals surface area (Å²) in [5.41, 5.74) is 4.50. The molecule has 0 amide bonds. The van der Waals surface area contributed by atoms with Crippen LogP contribution in [-0.4, -0.2) is 6.54 Å². The fraction of sp³-hybridized carbons (Fsp3) is 0.333. The molecule has 0 heterocycles. The molecule has 1 aromatic rings. The number of nitrogens with one attached hydrogen (secondary N) is 1. The van der Waals surface area contributed by atoms with Crippen LogP contribution < -0.4 is 5.32 Å². The highest BCUT2D eigenvalue weighted by atomic mass is 35.5. The Morgan fingerprint density at radius 2 is 2.29 bits per heavy atom. The lowest BCUT2D eigenvalue weighted by Crippen LogP contribution is -2.18. The number of halogens is 1. The first-order valence-electron chi connectivity index (χ1n) is 4.98. The molecule has 1 nitrogen and oxygen atoms in total. The molecule has 1 atom stereocenters. The van der Waals surface area contributed by atoms with Crippen molar-refractivity contribution in [1.82, 2.24) is 5.32 Å². The van der Waals surface area contributed by atoms with E-state index >= 15 is 0 Å². The maximum atomic E-state index is 5.47. The molecule has 0 aromatic heterocycles. The molecule has 0 saturated heterocycles. The molecule has 1 unspecified atom stereocenters. The van der Waals surface area contributed by atoms with Crippen LogP contribution in [0.2, 0.25) is 0 Å². The average molecular weight is 208 g/mol. The third-order valence-corrected chi connectivity index (χ3v) is 2.88. The van der Waals surface area contributed by atoms with E-state index in [0.29, 0.717) is 6.04 Å². The van der Waals surface area contributed by atoms with Gasteiger partial charge >= 0.3 is 0 Å². The smallest absolute Gasteiger partial charge is 0.0328 e. The van der Waals surface area contributed by atoms with Crippen molar-refractivity contribution in [3.05, 3.63) is 47.0 Å². The summed E-state index contributed by atoms with van der Waals surface area (Å²) in [6, 6.07) is 9.16. The van der Waals surface area contributed by atoms with E-state index in [2.05, 4.69) is 29.6 Å². The van der Waals surface area contributed by atoms with E-state index in [4.69, 9.17) is 11.6 Å². The molecule has 1 N–H and O–H groups in total. The quantitative estimate of drug-likeness (QED) is 0.804. The van der Waals surface area contributed by atoms with Gasteiger partial charge in [-0.1, -0.05) is 41.9 Å². The molecule has 0 saturated carbocycles. The Hall–Kier alpha value is -0.790. The van der Waals surface area contributed by atoms with Gasteiger partial charge in [-0.2, -0.15) is 0 Å². The van der Waals surface area contributed by atoms with Crippen LogP contribution in [-0.2, 0) is 6.42 Å². The Labute approximate surface area is 89.8 Å². The zero-order chi connectivity index (χ0) is 9.80. The van der Waals surface area contributed by atoms with Crippen LogP contribution in [0.15, 0.2) is 35.9 Å². The second-order valence-electron chi connectivity index (χ2n) is 3.56. The van der Waals surface area contributed by atoms with Crippen molar-refractivity contribution in [1.29, 1.82) is 0 Å². The zero-order valence-electron chi connectivity index (χ0n) is 8.04. The average Bonchev–Trinajstić information content (AvgIpc) is 2.63. The van der Waals surface area contributed by atoms with Crippen LogP contribution in [0.25, 0.3) is 0 Å². The third-order valence-electron chi connectivity index (χ3n) is 2.70. The van der Waals surface area contributed by atoms with Gasteiger partial charge in [0.25, 0.3) is 0 Å². The first-order valence-corrected chi connectivity index (χ1v) is 5.42. The number of benzene rings is 1. The van der Waals surface area contributed by atoms with Crippen molar-refractivity contribution in [3.8, 4) is 0 Å². The molecular formula is C12H14ClN. The van der Waals surface area contributed by atoms with E-state index in [0.717, 1.165) is 6.54 Å². The van der Waals surface area contributed by atoms with Crippen LogP contribution in [0.4, 0.5) is 0 Å². The van der Waals surface area contributed by atoms with Crippen molar-refractivity contribution in [2.75, 3.05) is 6.54 Å². The summed E-state index contributed by atoms with van der Waals surface area (Å²) in [5, 5.41) is 3.47. The summed E-state index contributed by atoms with van der Waals surface area (Å²) in [7, 11) is 0. The number of fused-ring (bicyclic) bond motifs is 1. The van der Waals surface area contributed by atoms with Crippen LogP contribution in [0.5, 0.6) is 0 Å². The minimum absolute atomic E-state index is 0.513. The second-order valence-corrected chi connectivity index (χ2v) is 3.81. The predicted octanol–water partition coefficient (Wildman–Crippen LogP) is 3.02. The normalized spacial score (nSPS) is 20.2. The van der Waals surface area contributed by atoms with Gasteiger partial charge in [0.05, 0.1) is 0 Å². The van der Waals surface area contributed by atoms with Crippen molar-refractivity contribution in [2.24, 2.45) is 0 Å². The molecule has 1 aliphatic carbocycles. The molecule has 0 spiro atoms. The fourth-order valence-corrected chi connectivity index (χ4v) is 2.11. The topological polar surface area (TPSA) is 12.0 Å². The number of aryl methyl sites for hydroxylation is 1. The van der Waals surface area contributed by atoms with Gasteiger partial charge in [0.2, 0.25) is 0 Å². The van der Waals surface area contributed by atoms with E-state index in [1.54, 1.807) is 5.54 Å².